The Morgan fingerprint density at radius 2 is 1.77 bits per heavy atom. The molecule has 11 heteroatoms. The fourth-order valence-electron chi connectivity index (χ4n) is 4.73. The highest BCUT2D eigenvalue weighted by Crippen LogP contribution is 2.32. The number of nitrogens with zero attached hydrogens (tertiary/aromatic N) is 5. The molecule has 1 fully saturated rings. The summed E-state index contributed by atoms with van der Waals surface area (Å²) in [7, 11) is 1.59. The molecule has 0 spiro atoms. The molecule has 0 aliphatic carbocycles. The molecule has 2 N–H and O–H groups in total. The van der Waals surface area contributed by atoms with Crippen molar-refractivity contribution in [3.63, 3.8) is 0 Å². The van der Waals surface area contributed by atoms with Crippen molar-refractivity contribution in [1.29, 1.82) is 0 Å². The molecule has 224 valence electrons. The van der Waals surface area contributed by atoms with E-state index in [0.29, 0.717) is 50.9 Å². The Kier molecular flexibility index (Phi) is 9.84. The third-order valence-corrected chi connectivity index (χ3v) is 8.11. The molecule has 3 aromatic carbocycles. The smallest absolute Gasteiger partial charge is 0.250 e. The Morgan fingerprint density at radius 1 is 1.00 bits per heavy atom. The molecule has 2 heterocycles. The average molecular weight is 621 g/mol. The van der Waals surface area contributed by atoms with Crippen LogP contribution in [0.2, 0.25) is 10.0 Å². The zero-order chi connectivity index (χ0) is 30.3. The highest BCUT2D eigenvalue weighted by atomic mass is 35.5. The number of benzene rings is 3. The Hall–Kier alpha value is -4.08. The van der Waals surface area contributed by atoms with Crippen molar-refractivity contribution in [2.75, 3.05) is 35.8 Å². The average Bonchev–Trinajstić information content (AvgIpc) is 2.99. The first kappa shape index (κ1) is 30.4. The van der Waals surface area contributed by atoms with Crippen LogP contribution in [0.5, 0.6) is 11.5 Å². The fraction of sp³-hybridized carbons (Fsp3) is 0.312. The van der Waals surface area contributed by atoms with Gasteiger partial charge >= 0.3 is 0 Å². The first-order valence-electron chi connectivity index (χ1n) is 14.2. The van der Waals surface area contributed by atoms with Crippen LogP contribution < -0.4 is 25.1 Å². The number of piperidine rings is 1. The largest absolute Gasteiger partial charge is 0.493 e. The molecule has 0 unspecified atom stereocenters. The van der Waals surface area contributed by atoms with Crippen molar-refractivity contribution in [3.05, 3.63) is 86.9 Å². The molecule has 5 rings (SSSR count). The van der Waals surface area contributed by atoms with E-state index in [1.54, 1.807) is 25.5 Å². The minimum atomic E-state index is 0.226. The number of aryl methyl sites for hydroxylation is 1. The van der Waals surface area contributed by atoms with Gasteiger partial charge in [-0.25, -0.2) is 5.43 Å². The summed E-state index contributed by atoms with van der Waals surface area (Å²) >= 11 is 12.4. The van der Waals surface area contributed by atoms with E-state index in [4.69, 9.17) is 42.6 Å². The first-order chi connectivity index (χ1) is 20.8. The maximum absolute atomic E-state index is 6.36. The molecule has 0 saturated carbocycles. The molecular weight excluding hydrogens is 585 g/mol. The highest BCUT2D eigenvalue weighted by Gasteiger charge is 2.20. The topological polar surface area (TPSA) is 96.8 Å². The van der Waals surface area contributed by atoms with Gasteiger partial charge in [-0.1, -0.05) is 54.4 Å². The summed E-state index contributed by atoms with van der Waals surface area (Å²) in [6, 6.07) is 17.0. The van der Waals surface area contributed by atoms with E-state index in [-0.39, 0.29) is 6.61 Å². The minimum Gasteiger partial charge on any atom is -0.493 e. The molecule has 4 aromatic rings. The SMILES string of the molecule is COc1cccc(/C=N/Nc2nc(Nc3cccc(C)c3C)nc(N3CCC(C)CC3)n2)c1OCc1ccc(Cl)cc1Cl. The number of hydrazone groups is 1. The molecule has 1 aliphatic heterocycles. The van der Waals surface area contributed by atoms with E-state index < -0.39 is 0 Å². The van der Waals surface area contributed by atoms with E-state index in [1.807, 2.05) is 36.4 Å². The van der Waals surface area contributed by atoms with Crippen LogP contribution in [0.1, 0.15) is 42.0 Å². The van der Waals surface area contributed by atoms with E-state index in [9.17, 15) is 0 Å². The van der Waals surface area contributed by atoms with Gasteiger partial charge in [-0.05, 0) is 74.1 Å². The molecule has 1 aromatic heterocycles. The van der Waals surface area contributed by atoms with Crippen LogP contribution in [0.3, 0.4) is 0 Å². The number of halogens is 2. The number of aromatic nitrogens is 3. The van der Waals surface area contributed by atoms with E-state index >= 15 is 0 Å². The van der Waals surface area contributed by atoms with Crippen LogP contribution >= 0.6 is 23.2 Å². The normalized spacial score (nSPS) is 13.8. The summed E-state index contributed by atoms with van der Waals surface area (Å²) in [5.74, 6) is 3.15. The van der Waals surface area contributed by atoms with Crippen LogP contribution in [0.15, 0.2) is 59.7 Å². The van der Waals surface area contributed by atoms with Gasteiger partial charge in [0, 0.05) is 39.9 Å². The maximum Gasteiger partial charge on any atom is 0.250 e. The number of rotatable bonds is 10. The van der Waals surface area contributed by atoms with E-state index in [2.05, 4.69) is 52.6 Å². The number of ether oxygens (including phenoxy) is 2. The van der Waals surface area contributed by atoms with Crippen LogP contribution in [-0.2, 0) is 6.61 Å². The molecule has 0 amide bonds. The molecule has 0 bridgehead atoms. The van der Waals surface area contributed by atoms with Gasteiger partial charge in [0.2, 0.25) is 17.8 Å². The molecule has 9 nitrogen and oxygen atoms in total. The van der Waals surface area contributed by atoms with Gasteiger partial charge in [0.15, 0.2) is 11.5 Å². The second-order valence-electron chi connectivity index (χ2n) is 10.6. The predicted molar refractivity (Wildman–Crippen MR) is 175 cm³/mol. The van der Waals surface area contributed by atoms with Crippen LogP contribution in [0.4, 0.5) is 23.5 Å². The summed E-state index contributed by atoms with van der Waals surface area (Å²) < 4.78 is 11.7. The molecule has 1 saturated heterocycles. The lowest BCUT2D eigenvalue weighted by Gasteiger charge is -2.30. The van der Waals surface area contributed by atoms with Crippen molar-refractivity contribution in [1.82, 2.24) is 15.0 Å². The second kappa shape index (κ2) is 13.9. The van der Waals surface area contributed by atoms with Crippen molar-refractivity contribution in [2.24, 2.45) is 11.0 Å². The second-order valence-corrected chi connectivity index (χ2v) is 11.4. The number of para-hydroxylation sites is 1. The summed E-state index contributed by atoms with van der Waals surface area (Å²) in [6.45, 7) is 8.43. The van der Waals surface area contributed by atoms with Gasteiger partial charge < -0.3 is 19.7 Å². The van der Waals surface area contributed by atoms with Gasteiger partial charge in [-0.15, -0.1) is 0 Å². The Morgan fingerprint density at radius 3 is 2.53 bits per heavy atom. The third kappa shape index (κ3) is 7.66. The number of methoxy groups -OCH3 is 1. The van der Waals surface area contributed by atoms with Crippen molar-refractivity contribution >= 4 is 52.9 Å². The van der Waals surface area contributed by atoms with E-state index in [1.165, 1.54) is 5.56 Å². The van der Waals surface area contributed by atoms with Crippen molar-refractivity contribution < 1.29 is 9.47 Å². The van der Waals surface area contributed by atoms with Crippen LogP contribution in [0.25, 0.3) is 0 Å². The number of nitrogens with one attached hydrogen (secondary N) is 2. The molecule has 0 atom stereocenters. The molecule has 43 heavy (non-hydrogen) atoms. The minimum absolute atomic E-state index is 0.226. The lowest BCUT2D eigenvalue weighted by Crippen LogP contribution is -2.34. The molecule has 1 aliphatic rings. The zero-order valence-electron chi connectivity index (χ0n) is 24.7. The first-order valence-corrected chi connectivity index (χ1v) is 14.9. The van der Waals surface area contributed by atoms with Gasteiger partial charge in [0.1, 0.15) is 6.61 Å². The Bertz CT molecular complexity index is 1610. The maximum atomic E-state index is 6.36. The molecular formula is C32H35Cl2N7O2. The summed E-state index contributed by atoms with van der Waals surface area (Å²) in [6.07, 6.45) is 3.82. The predicted octanol–water partition coefficient (Wildman–Crippen LogP) is 7.81. The van der Waals surface area contributed by atoms with Crippen LogP contribution in [0, 0.1) is 19.8 Å². The summed E-state index contributed by atoms with van der Waals surface area (Å²) in [5.41, 5.74) is 7.75. The van der Waals surface area contributed by atoms with Gasteiger partial charge in [-0.2, -0.15) is 20.1 Å². The van der Waals surface area contributed by atoms with E-state index in [0.717, 1.165) is 42.7 Å². The number of hydrogen-bond donors (Lipinski definition) is 2. The highest BCUT2D eigenvalue weighted by molar-refractivity contribution is 6.35. The third-order valence-electron chi connectivity index (χ3n) is 7.53. The van der Waals surface area contributed by atoms with Gasteiger partial charge in [-0.3, -0.25) is 0 Å². The Labute approximate surface area is 262 Å². The lowest BCUT2D eigenvalue weighted by molar-refractivity contribution is 0.284. The zero-order valence-corrected chi connectivity index (χ0v) is 26.2. The monoisotopic (exact) mass is 619 g/mol. The fourth-order valence-corrected chi connectivity index (χ4v) is 5.19. The summed E-state index contributed by atoms with van der Waals surface area (Å²) in [4.78, 5) is 16.3. The number of anilines is 4. The van der Waals surface area contributed by atoms with Crippen LogP contribution in [-0.4, -0.2) is 41.4 Å². The standard InChI is InChI=1S/C32H35Cl2N7O2/c1-20-13-15-41(16-14-20)32-38-30(36-27-9-5-7-21(2)22(27)3)37-31(39-32)40-35-18-23-8-6-10-28(42-4)29(23)43-19-24-11-12-25(33)17-26(24)34/h5-12,17-18,20H,13-16,19H2,1-4H3,(H2,36,37,38,39,40)/b35-18+. The van der Waals surface area contributed by atoms with Crippen molar-refractivity contribution in [2.45, 2.75) is 40.2 Å². The molecule has 0 radical (unpaired) electrons. The number of hydrogen-bond acceptors (Lipinski definition) is 9. The van der Waals surface area contributed by atoms with Crippen molar-refractivity contribution in [3.8, 4) is 11.5 Å². The lowest BCUT2D eigenvalue weighted by atomic mass is 10.00. The van der Waals surface area contributed by atoms with Gasteiger partial charge in [0.05, 0.1) is 13.3 Å². The quantitative estimate of drug-likeness (QED) is 0.137. The summed E-state index contributed by atoms with van der Waals surface area (Å²) in [5, 5.41) is 8.92. The Balaban J connectivity index is 1.39. The van der Waals surface area contributed by atoms with Gasteiger partial charge in [0.25, 0.3) is 0 Å².